The van der Waals surface area contributed by atoms with Gasteiger partial charge in [0, 0.05) is 27.3 Å². The molecule has 1 fully saturated rings. The van der Waals surface area contributed by atoms with Gasteiger partial charge in [-0.1, -0.05) is 0 Å². The van der Waals surface area contributed by atoms with Crippen molar-refractivity contribution in [2.45, 2.75) is 12.5 Å². The van der Waals surface area contributed by atoms with Crippen LogP contribution in [0, 0.1) is 3.57 Å². The Hall–Kier alpha value is -1.61. The lowest BCUT2D eigenvalue weighted by Gasteiger charge is -2.16. The average Bonchev–Trinajstić information content (AvgIpc) is 2.94. The fourth-order valence-electron chi connectivity index (χ4n) is 2.22. The fraction of sp³-hybridized carbons (Fsp3) is 0.286. The van der Waals surface area contributed by atoms with Crippen LogP contribution < -0.4 is 16.2 Å². The lowest BCUT2D eigenvalue weighted by Crippen LogP contribution is -2.16. The van der Waals surface area contributed by atoms with Crippen LogP contribution in [-0.4, -0.2) is 29.3 Å². The molecule has 1 unspecified atom stereocenters. The van der Waals surface area contributed by atoms with Crippen molar-refractivity contribution in [1.29, 1.82) is 0 Å². The summed E-state index contributed by atoms with van der Waals surface area (Å²) in [4.78, 5) is 8.04. The van der Waals surface area contributed by atoms with Gasteiger partial charge in [-0.3, -0.25) is 0 Å². The van der Waals surface area contributed by atoms with E-state index in [1.54, 1.807) is 6.20 Å². The molecule has 0 amide bonds. The molecule has 7 heteroatoms. The van der Waals surface area contributed by atoms with Crippen molar-refractivity contribution in [3.8, 4) is 16.9 Å². The van der Waals surface area contributed by atoms with E-state index < -0.39 is 0 Å². The summed E-state index contributed by atoms with van der Waals surface area (Å²) in [5.74, 6) is 1.26. The third-order valence-electron chi connectivity index (χ3n) is 3.25. The van der Waals surface area contributed by atoms with E-state index in [1.165, 1.54) is 0 Å². The molecule has 0 radical (unpaired) electrons. The maximum Gasteiger partial charge on any atom is 0.221 e. The summed E-state index contributed by atoms with van der Waals surface area (Å²) in [6.45, 7) is 1.34. The summed E-state index contributed by atoms with van der Waals surface area (Å²) in [6, 6.07) is 5.92. The van der Waals surface area contributed by atoms with E-state index in [1.807, 2.05) is 18.2 Å². The van der Waals surface area contributed by atoms with Gasteiger partial charge in [-0.25, -0.2) is 4.98 Å². The van der Waals surface area contributed by atoms with Crippen LogP contribution >= 0.6 is 22.6 Å². The SMILES string of the molecule is Nc1ncc(-c2cc(I)ccc2OC2CCOC2)c(N)n1. The molecule has 1 saturated heterocycles. The van der Waals surface area contributed by atoms with Crippen molar-refractivity contribution >= 4 is 34.4 Å². The first-order valence-corrected chi connectivity index (χ1v) is 7.63. The van der Waals surface area contributed by atoms with Crippen LogP contribution in [0.1, 0.15) is 6.42 Å². The number of nitrogen functional groups attached to an aromatic ring is 2. The van der Waals surface area contributed by atoms with Crippen LogP contribution in [0.4, 0.5) is 11.8 Å². The first kappa shape index (κ1) is 14.3. The Morgan fingerprint density at radius 1 is 1.29 bits per heavy atom. The van der Waals surface area contributed by atoms with Gasteiger partial charge in [-0.05, 0) is 40.8 Å². The molecule has 6 nitrogen and oxygen atoms in total. The fourth-order valence-corrected chi connectivity index (χ4v) is 2.71. The Morgan fingerprint density at radius 3 is 2.86 bits per heavy atom. The second-order valence-electron chi connectivity index (χ2n) is 4.77. The van der Waals surface area contributed by atoms with Gasteiger partial charge in [0.1, 0.15) is 17.7 Å². The molecule has 1 aliphatic heterocycles. The van der Waals surface area contributed by atoms with E-state index in [0.717, 1.165) is 33.5 Å². The lowest BCUT2D eigenvalue weighted by molar-refractivity contribution is 0.141. The standard InChI is InChI=1S/C14H15IN4O2/c15-8-1-2-12(21-9-3-4-20-7-9)10(5-8)11-6-18-14(17)19-13(11)16/h1-2,5-6,9H,3-4,7H2,(H4,16,17,18,19). The number of benzene rings is 1. The number of rotatable bonds is 3. The molecule has 1 aromatic carbocycles. The first-order valence-electron chi connectivity index (χ1n) is 6.56. The van der Waals surface area contributed by atoms with Gasteiger partial charge in [0.15, 0.2) is 0 Å². The van der Waals surface area contributed by atoms with Crippen molar-refractivity contribution in [3.63, 3.8) is 0 Å². The molecule has 1 atom stereocenters. The van der Waals surface area contributed by atoms with Gasteiger partial charge in [0.2, 0.25) is 5.95 Å². The number of nitrogens with zero attached hydrogens (tertiary/aromatic N) is 2. The maximum absolute atomic E-state index is 6.03. The van der Waals surface area contributed by atoms with Gasteiger partial charge in [0.05, 0.1) is 13.2 Å². The maximum atomic E-state index is 6.03. The molecule has 4 N–H and O–H groups in total. The molecule has 110 valence electrons. The zero-order chi connectivity index (χ0) is 14.8. The van der Waals surface area contributed by atoms with Crippen LogP contribution in [0.15, 0.2) is 24.4 Å². The largest absolute Gasteiger partial charge is 0.487 e. The summed E-state index contributed by atoms with van der Waals surface area (Å²) in [7, 11) is 0. The molecular weight excluding hydrogens is 383 g/mol. The van der Waals surface area contributed by atoms with E-state index in [2.05, 4.69) is 32.6 Å². The lowest BCUT2D eigenvalue weighted by atomic mass is 10.1. The quantitative estimate of drug-likeness (QED) is 0.769. The molecule has 0 bridgehead atoms. The molecule has 1 aliphatic rings. The molecule has 0 aliphatic carbocycles. The Kier molecular flexibility index (Phi) is 4.11. The minimum absolute atomic E-state index is 0.0692. The average molecular weight is 398 g/mol. The Morgan fingerprint density at radius 2 is 2.14 bits per heavy atom. The second-order valence-corrected chi connectivity index (χ2v) is 6.02. The molecule has 0 saturated carbocycles. The summed E-state index contributed by atoms with van der Waals surface area (Å²) in [5, 5.41) is 0. The highest BCUT2D eigenvalue weighted by Crippen LogP contribution is 2.35. The van der Waals surface area contributed by atoms with E-state index >= 15 is 0 Å². The molecule has 2 aromatic rings. The van der Waals surface area contributed by atoms with E-state index in [-0.39, 0.29) is 12.1 Å². The molecule has 21 heavy (non-hydrogen) atoms. The number of hydrogen-bond acceptors (Lipinski definition) is 6. The van der Waals surface area contributed by atoms with E-state index in [4.69, 9.17) is 20.9 Å². The van der Waals surface area contributed by atoms with Crippen LogP contribution in [0.5, 0.6) is 5.75 Å². The number of halogens is 1. The van der Waals surface area contributed by atoms with Crippen molar-refractivity contribution < 1.29 is 9.47 Å². The van der Waals surface area contributed by atoms with Crippen molar-refractivity contribution in [1.82, 2.24) is 9.97 Å². The number of aromatic nitrogens is 2. The van der Waals surface area contributed by atoms with Crippen LogP contribution in [0.3, 0.4) is 0 Å². The minimum Gasteiger partial charge on any atom is -0.487 e. The highest BCUT2D eigenvalue weighted by molar-refractivity contribution is 14.1. The zero-order valence-electron chi connectivity index (χ0n) is 11.3. The second kappa shape index (κ2) is 6.02. The highest BCUT2D eigenvalue weighted by atomic mass is 127. The van der Waals surface area contributed by atoms with Gasteiger partial charge < -0.3 is 20.9 Å². The normalized spacial score (nSPS) is 17.9. The van der Waals surface area contributed by atoms with Crippen LogP contribution in [0.25, 0.3) is 11.1 Å². The molecule has 2 heterocycles. The van der Waals surface area contributed by atoms with Crippen LogP contribution in [-0.2, 0) is 4.74 Å². The number of hydrogen-bond donors (Lipinski definition) is 2. The topological polar surface area (TPSA) is 96.3 Å². The Labute approximate surface area is 136 Å². The molecule has 3 rings (SSSR count). The van der Waals surface area contributed by atoms with E-state index in [9.17, 15) is 0 Å². The molecule has 1 aromatic heterocycles. The smallest absolute Gasteiger partial charge is 0.221 e. The van der Waals surface area contributed by atoms with Gasteiger partial charge in [0.25, 0.3) is 0 Å². The third kappa shape index (κ3) is 3.18. The zero-order valence-corrected chi connectivity index (χ0v) is 13.4. The van der Waals surface area contributed by atoms with Gasteiger partial charge >= 0.3 is 0 Å². The Bertz CT molecular complexity index is 659. The summed E-state index contributed by atoms with van der Waals surface area (Å²) < 4.78 is 12.5. The van der Waals surface area contributed by atoms with Gasteiger partial charge in [-0.2, -0.15) is 4.98 Å². The highest BCUT2D eigenvalue weighted by Gasteiger charge is 2.20. The van der Waals surface area contributed by atoms with Crippen molar-refractivity contribution in [2.24, 2.45) is 0 Å². The van der Waals surface area contributed by atoms with Crippen LogP contribution in [0.2, 0.25) is 0 Å². The number of anilines is 2. The number of nitrogens with two attached hydrogens (primary N) is 2. The Balaban J connectivity index is 2.01. The van der Waals surface area contributed by atoms with Crippen molar-refractivity contribution in [2.75, 3.05) is 24.7 Å². The monoisotopic (exact) mass is 398 g/mol. The first-order chi connectivity index (χ1) is 10.1. The summed E-state index contributed by atoms with van der Waals surface area (Å²) >= 11 is 2.25. The predicted octanol–water partition coefficient (Wildman–Crippen LogP) is 2.08. The summed E-state index contributed by atoms with van der Waals surface area (Å²) in [5.41, 5.74) is 13.1. The summed E-state index contributed by atoms with van der Waals surface area (Å²) in [6.07, 6.45) is 2.58. The number of ether oxygens (including phenoxy) is 2. The predicted molar refractivity (Wildman–Crippen MR) is 88.9 cm³/mol. The minimum atomic E-state index is 0.0692. The van der Waals surface area contributed by atoms with Gasteiger partial charge in [-0.15, -0.1) is 0 Å². The molecule has 0 spiro atoms. The molecular formula is C14H15IN4O2. The third-order valence-corrected chi connectivity index (χ3v) is 3.92. The van der Waals surface area contributed by atoms with E-state index in [0.29, 0.717) is 12.4 Å². The van der Waals surface area contributed by atoms with Crippen molar-refractivity contribution in [3.05, 3.63) is 28.0 Å².